The summed E-state index contributed by atoms with van der Waals surface area (Å²) in [6, 6.07) is 13.3. The SMILES string of the molecule is CCCNC(=O)C(CC)N(Cc1ccccc1)C(=O)CN(c1cccc([N+](=O)[O-])c1)S(C)(=O)=O. The van der Waals surface area contributed by atoms with Crippen molar-refractivity contribution < 1.29 is 22.9 Å². The number of nitrogens with zero attached hydrogens (tertiary/aromatic N) is 3. The zero-order chi connectivity index (χ0) is 25.3. The van der Waals surface area contributed by atoms with Gasteiger partial charge in [-0.2, -0.15) is 0 Å². The van der Waals surface area contributed by atoms with E-state index in [1.165, 1.54) is 23.1 Å². The lowest BCUT2D eigenvalue weighted by molar-refractivity contribution is -0.384. The van der Waals surface area contributed by atoms with Crippen LogP contribution in [0.25, 0.3) is 0 Å². The number of rotatable bonds is 12. The number of sulfonamides is 1. The fourth-order valence-electron chi connectivity index (χ4n) is 3.44. The van der Waals surface area contributed by atoms with Gasteiger partial charge in [0.05, 0.1) is 16.9 Å². The first-order chi connectivity index (χ1) is 16.1. The summed E-state index contributed by atoms with van der Waals surface area (Å²) in [6.07, 6.45) is 1.97. The van der Waals surface area contributed by atoms with E-state index in [-0.39, 0.29) is 23.8 Å². The van der Waals surface area contributed by atoms with E-state index in [9.17, 15) is 28.1 Å². The lowest BCUT2D eigenvalue weighted by Crippen LogP contribution is -2.52. The van der Waals surface area contributed by atoms with Gasteiger partial charge >= 0.3 is 0 Å². The highest BCUT2D eigenvalue weighted by molar-refractivity contribution is 7.92. The second kappa shape index (κ2) is 12.1. The van der Waals surface area contributed by atoms with Gasteiger partial charge in [0.15, 0.2) is 0 Å². The summed E-state index contributed by atoms with van der Waals surface area (Å²) in [5.41, 5.74) is 0.470. The Bertz CT molecular complexity index is 1110. The molecule has 0 radical (unpaired) electrons. The molecule has 0 aliphatic rings. The van der Waals surface area contributed by atoms with Gasteiger partial charge in [0, 0.05) is 25.2 Å². The maximum absolute atomic E-state index is 13.5. The molecule has 0 aliphatic carbocycles. The molecule has 0 heterocycles. The molecular formula is C23H30N4O6S. The van der Waals surface area contributed by atoms with Crippen molar-refractivity contribution in [3.05, 3.63) is 70.3 Å². The van der Waals surface area contributed by atoms with Crippen molar-refractivity contribution in [2.75, 3.05) is 23.7 Å². The zero-order valence-corrected chi connectivity index (χ0v) is 20.3. The van der Waals surface area contributed by atoms with Crippen LogP contribution in [-0.2, 0) is 26.2 Å². The molecule has 34 heavy (non-hydrogen) atoms. The molecule has 2 rings (SSSR count). The molecule has 2 amide bonds. The highest BCUT2D eigenvalue weighted by Gasteiger charge is 2.31. The first kappa shape index (κ1) is 26.8. The number of anilines is 1. The smallest absolute Gasteiger partial charge is 0.271 e. The van der Waals surface area contributed by atoms with Crippen LogP contribution in [-0.4, -0.2) is 55.4 Å². The van der Waals surface area contributed by atoms with E-state index < -0.39 is 33.4 Å². The molecule has 0 saturated heterocycles. The molecule has 2 aromatic carbocycles. The molecule has 11 heteroatoms. The number of amides is 2. The van der Waals surface area contributed by atoms with Crippen molar-refractivity contribution in [3.8, 4) is 0 Å². The molecule has 184 valence electrons. The van der Waals surface area contributed by atoms with Crippen LogP contribution in [0.1, 0.15) is 32.3 Å². The van der Waals surface area contributed by atoms with Crippen LogP contribution in [0, 0.1) is 10.1 Å². The van der Waals surface area contributed by atoms with Gasteiger partial charge in [-0.1, -0.05) is 50.2 Å². The maximum Gasteiger partial charge on any atom is 0.271 e. The summed E-state index contributed by atoms with van der Waals surface area (Å²) in [5.74, 6) is -0.922. The van der Waals surface area contributed by atoms with Crippen molar-refractivity contribution in [3.63, 3.8) is 0 Å². The van der Waals surface area contributed by atoms with Crippen molar-refractivity contribution in [1.29, 1.82) is 0 Å². The molecule has 2 aromatic rings. The van der Waals surface area contributed by atoms with Crippen LogP contribution in [0.3, 0.4) is 0 Å². The topological polar surface area (TPSA) is 130 Å². The number of carbonyl (C=O) groups excluding carboxylic acids is 2. The van der Waals surface area contributed by atoms with Crippen LogP contribution >= 0.6 is 0 Å². The van der Waals surface area contributed by atoms with E-state index in [4.69, 9.17) is 0 Å². The minimum absolute atomic E-state index is 0.00630. The van der Waals surface area contributed by atoms with Gasteiger partial charge in [0.2, 0.25) is 21.8 Å². The van der Waals surface area contributed by atoms with E-state index in [0.29, 0.717) is 13.0 Å². The summed E-state index contributed by atoms with van der Waals surface area (Å²) < 4.78 is 25.9. The normalized spacial score (nSPS) is 12.0. The fourth-order valence-corrected chi connectivity index (χ4v) is 4.28. The highest BCUT2D eigenvalue weighted by atomic mass is 32.2. The van der Waals surface area contributed by atoms with Crippen molar-refractivity contribution in [2.24, 2.45) is 0 Å². The summed E-state index contributed by atoms with van der Waals surface area (Å²) in [6.45, 7) is 3.63. The second-order valence-corrected chi connectivity index (χ2v) is 9.68. The lowest BCUT2D eigenvalue weighted by atomic mass is 10.1. The van der Waals surface area contributed by atoms with Crippen molar-refractivity contribution >= 4 is 33.2 Å². The Morgan fingerprint density at radius 1 is 1.09 bits per heavy atom. The van der Waals surface area contributed by atoms with Gasteiger partial charge < -0.3 is 10.2 Å². The molecule has 0 fully saturated rings. The number of nitro groups is 1. The minimum atomic E-state index is -3.97. The van der Waals surface area contributed by atoms with Crippen LogP contribution in [0.15, 0.2) is 54.6 Å². The molecular weight excluding hydrogens is 460 g/mol. The monoisotopic (exact) mass is 490 g/mol. The van der Waals surface area contributed by atoms with Gasteiger partial charge in [-0.15, -0.1) is 0 Å². The van der Waals surface area contributed by atoms with E-state index in [1.807, 2.05) is 37.3 Å². The third kappa shape index (κ3) is 7.27. The molecule has 10 nitrogen and oxygen atoms in total. The van der Waals surface area contributed by atoms with E-state index >= 15 is 0 Å². The standard InChI is InChI=1S/C23H30N4O6S/c1-4-14-24-23(29)21(5-2)25(16-18-10-7-6-8-11-18)22(28)17-26(34(3,32)33)19-12-9-13-20(15-19)27(30)31/h6-13,15,21H,4-5,14,16-17H2,1-3H3,(H,24,29). The molecule has 1 N–H and O–H groups in total. The van der Waals surface area contributed by atoms with Crippen LogP contribution < -0.4 is 9.62 Å². The summed E-state index contributed by atoms with van der Waals surface area (Å²) >= 11 is 0. The first-order valence-electron chi connectivity index (χ1n) is 10.9. The van der Waals surface area contributed by atoms with Gasteiger partial charge in [-0.3, -0.25) is 24.0 Å². The van der Waals surface area contributed by atoms with E-state index in [2.05, 4.69) is 5.32 Å². The summed E-state index contributed by atoms with van der Waals surface area (Å²) in [4.78, 5) is 38.2. The predicted molar refractivity (Wildman–Crippen MR) is 130 cm³/mol. The van der Waals surface area contributed by atoms with Gasteiger partial charge in [0.1, 0.15) is 12.6 Å². The number of nitro benzene ring substituents is 1. The van der Waals surface area contributed by atoms with Crippen molar-refractivity contribution in [1.82, 2.24) is 10.2 Å². The average Bonchev–Trinajstić information content (AvgIpc) is 2.80. The Hall–Kier alpha value is -3.47. The van der Waals surface area contributed by atoms with Crippen LogP contribution in [0.4, 0.5) is 11.4 Å². The summed E-state index contributed by atoms with van der Waals surface area (Å²) in [5, 5.41) is 14.0. The quantitative estimate of drug-likeness (QED) is 0.360. The highest BCUT2D eigenvalue weighted by Crippen LogP contribution is 2.24. The zero-order valence-electron chi connectivity index (χ0n) is 19.5. The van der Waals surface area contributed by atoms with Crippen molar-refractivity contribution in [2.45, 2.75) is 39.3 Å². The van der Waals surface area contributed by atoms with E-state index in [0.717, 1.165) is 28.6 Å². The molecule has 0 spiro atoms. The van der Waals surface area contributed by atoms with Gasteiger partial charge in [0.25, 0.3) is 5.69 Å². The average molecular weight is 491 g/mol. The number of hydrogen-bond acceptors (Lipinski definition) is 6. The molecule has 0 aromatic heterocycles. The number of carbonyl (C=O) groups is 2. The minimum Gasteiger partial charge on any atom is -0.354 e. The Balaban J connectivity index is 2.43. The lowest BCUT2D eigenvalue weighted by Gasteiger charge is -2.32. The number of hydrogen-bond donors (Lipinski definition) is 1. The first-order valence-corrected chi connectivity index (χ1v) is 12.8. The predicted octanol–water partition coefficient (Wildman–Crippen LogP) is 2.69. The van der Waals surface area contributed by atoms with Gasteiger partial charge in [-0.05, 0) is 24.5 Å². The molecule has 0 saturated carbocycles. The maximum atomic E-state index is 13.5. The van der Waals surface area contributed by atoms with E-state index in [1.54, 1.807) is 6.92 Å². The number of benzene rings is 2. The Morgan fingerprint density at radius 2 is 1.76 bits per heavy atom. The Labute approximate surface area is 199 Å². The van der Waals surface area contributed by atoms with Crippen LogP contribution in [0.2, 0.25) is 0 Å². The second-order valence-electron chi connectivity index (χ2n) is 7.77. The number of nitrogens with one attached hydrogen (secondary N) is 1. The third-order valence-corrected chi connectivity index (χ3v) is 6.28. The Morgan fingerprint density at radius 3 is 2.32 bits per heavy atom. The molecule has 1 atom stereocenters. The Kier molecular flexibility index (Phi) is 9.55. The van der Waals surface area contributed by atoms with Crippen LogP contribution in [0.5, 0.6) is 0 Å². The molecule has 0 aliphatic heterocycles. The molecule has 1 unspecified atom stereocenters. The fraction of sp³-hybridized carbons (Fsp3) is 0.391. The number of non-ortho nitro benzene ring substituents is 1. The summed E-state index contributed by atoms with van der Waals surface area (Å²) in [7, 11) is -3.97. The largest absolute Gasteiger partial charge is 0.354 e. The molecule has 0 bridgehead atoms. The third-order valence-electron chi connectivity index (χ3n) is 5.14. The van der Waals surface area contributed by atoms with Gasteiger partial charge in [-0.25, -0.2) is 8.42 Å².